The van der Waals surface area contributed by atoms with Crippen LogP contribution in [0.5, 0.6) is 0 Å². The van der Waals surface area contributed by atoms with Crippen molar-refractivity contribution in [3.8, 4) is 11.4 Å². The van der Waals surface area contributed by atoms with Gasteiger partial charge in [-0.2, -0.15) is 4.31 Å². The first kappa shape index (κ1) is 26.3. The molecule has 1 heterocycles. The summed E-state index contributed by atoms with van der Waals surface area (Å²) in [7, 11) is -2.49. The Hall–Kier alpha value is -3.80. The number of nitrogens with one attached hydrogen (secondary N) is 1. The second kappa shape index (κ2) is 10.3. The summed E-state index contributed by atoms with van der Waals surface area (Å²) in [6.07, 6.45) is 0. The van der Waals surface area contributed by atoms with Crippen LogP contribution in [-0.4, -0.2) is 53.7 Å². The molecule has 0 unspecified atom stereocenters. The molecule has 37 heavy (non-hydrogen) atoms. The molecule has 0 aliphatic carbocycles. The van der Waals surface area contributed by atoms with E-state index in [2.05, 4.69) is 9.97 Å². The number of nitrogens with zero attached hydrogens (tertiary/aromatic N) is 4. The minimum atomic E-state index is -4.06. The van der Waals surface area contributed by atoms with Gasteiger partial charge in [0.25, 0.3) is 5.69 Å². The number of non-ortho nitro benzene ring substituents is 1. The van der Waals surface area contributed by atoms with Gasteiger partial charge in [0, 0.05) is 36.3 Å². The minimum Gasteiger partial charge on any atom is -0.338 e. The monoisotopic (exact) mass is 541 g/mol. The van der Waals surface area contributed by atoms with Gasteiger partial charge in [-0.25, -0.2) is 13.4 Å². The van der Waals surface area contributed by atoms with Crippen LogP contribution in [0.15, 0.2) is 65.6 Å². The summed E-state index contributed by atoms with van der Waals surface area (Å²) in [5.74, 6) is 0.0815. The molecule has 4 rings (SSSR count). The second-order valence-corrected chi connectivity index (χ2v) is 10.8. The topological polar surface area (TPSA) is 130 Å². The van der Waals surface area contributed by atoms with Gasteiger partial charge in [-0.1, -0.05) is 30.2 Å². The van der Waals surface area contributed by atoms with E-state index in [9.17, 15) is 23.3 Å². The normalized spacial score (nSPS) is 11.7. The first-order chi connectivity index (χ1) is 17.5. The van der Waals surface area contributed by atoms with E-state index in [1.165, 1.54) is 4.90 Å². The largest absolute Gasteiger partial charge is 0.338 e. The van der Waals surface area contributed by atoms with E-state index in [0.717, 1.165) is 39.7 Å². The quantitative estimate of drug-likeness (QED) is 0.252. The molecule has 10 nitrogen and oxygen atoms in total. The van der Waals surface area contributed by atoms with Crippen molar-refractivity contribution < 1.29 is 18.1 Å². The van der Waals surface area contributed by atoms with Crippen molar-refractivity contribution in [2.75, 3.05) is 25.0 Å². The van der Waals surface area contributed by atoms with Crippen molar-refractivity contribution in [2.24, 2.45) is 0 Å². The number of carbonyl (C=O) groups is 1. The summed E-state index contributed by atoms with van der Waals surface area (Å²) in [6, 6.07) is 15.4. The van der Waals surface area contributed by atoms with E-state index in [1.807, 2.05) is 19.1 Å². The zero-order valence-corrected chi connectivity index (χ0v) is 21.9. The molecule has 1 N–H and O–H groups in total. The Kier molecular flexibility index (Phi) is 7.30. The number of aryl methyl sites for hydroxylation is 1. The molecule has 0 saturated heterocycles. The first-order valence-corrected chi connectivity index (χ1v) is 13.1. The van der Waals surface area contributed by atoms with E-state index in [-0.39, 0.29) is 17.1 Å². The predicted octanol–water partition coefficient (Wildman–Crippen LogP) is 4.77. The average molecular weight is 542 g/mol. The number of aromatic amines is 1. The van der Waals surface area contributed by atoms with Crippen LogP contribution in [0.1, 0.15) is 12.5 Å². The number of benzene rings is 3. The molecule has 0 spiro atoms. The minimum absolute atomic E-state index is 0.0317. The Labute approximate surface area is 218 Å². The van der Waals surface area contributed by atoms with Gasteiger partial charge in [-0.3, -0.25) is 14.9 Å². The van der Waals surface area contributed by atoms with Crippen LogP contribution in [0.25, 0.3) is 22.4 Å². The number of imidazole rings is 1. The lowest BCUT2D eigenvalue weighted by molar-refractivity contribution is -0.384. The lowest BCUT2D eigenvalue weighted by Crippen LogP contribution is -2.41. The van der Waals surface area contributed by atoms with Gasteiger partial charge >= 0.3 is 0 Å². The van der Waals surface area contributed by atoms with E-state index in [0.29, 0.717) is 27.6 Å². The van der Waals surface area contributed by atoms with Gasteiger partial charge in [0.2, 0.25) is 15.9 Å². The number of carbonyl (C=O) groups excluding carboxylic acids is 1. The van der Waals surface area contributed by atoms with E-state index >= 15 is 0 Å². The van der Waals surface area contributed by atoms with Crippen LogP contribution in [-0.2, 0) is 14.8 Å². The summed E-state index contributed by atoms with van der Waals surface area (Å²) in [4.78, 5) is 32.7. The molecule has 1 aromatic heterocycles. The smallest absolute Gasteiger partial charge is 0.269 e. The number of anilines is 1. The highest BCUT2D eigenvalue weighted by Gasteiger charge is 2.28. The van der Waals surface area contributed by atoms with Gasteiger partial charge in [0.05, 0.1) is 33.1 Å². The number of nitro benzene ring substituents is 1. The zero-order valence-electron chi connectivity index (χ0n) is 20.3. The molecule has 3 aromatic carbocycles. The Balaban J connectivity index is 1.63. The fourth-order valence-corrected chi connectivity index (χ4v) is 5.46. The van der Waals surface area contributed by atoms with Crippen molar-refractivity contribution in [2.45, 2.75) is 18.7 Å². The molecule has 0 saturated carbocycles. The molecule has 0 atom stereocenters. The van der Waals surface area contributed by atoms with Crippen molar-refractivity contribution in [3.63, 3.8) is 0 Å². The Morgan fingerprint density at radius 2 is 1.81 bits per heavy atom. The van der Waals surface area contributed by atoms with Gasteiger partial charge in [0.1, 0.15) is 5.82 Å². The van der Waals surface area contributed by atoms with Crippen molar-refractivity contribution >= 4 is 49.9 Å². The van der Waals surface area contributed by atoms with Crippen molar-refractivity contribution in [1.29, 1.82) is 0 Å². The number of aromatic nitrogens is 2. The highest BCUT2D eigenvalue weighted by Crippen LogP contribution is 2.32. The predicted molar refractivity (Wildman–Crippen MR) is 142 cm³/mol. The van der Waals surface area contributed by atoms with E-state index < -0.39 is 27.4 Å². The Bertz CT molecular complexity index is 1600. The number of fused-ring (bicyclic) bond motifs is 1. The fourth-order valence-electron chi connectivity index (χ4n) is 3.89. The molecule has 12 heteroatoms. The van der Waals surface area contributed by atoms with E-state index in [4.69, 9.17) is 11.6 Å². The second-order valence-electron chi connectivity index (χ2n) is 8.40. The number of hydrogen-bond acceptors (Lipinski definition) is 6. The molecule has 0 aliphatic rings. The molecule has 4 aromatic rings. The molecule has 0 aliphatic heterocycles. The highest BCUT2D eigenvalue weighted by atomic mass is 35.5. The summed E-state index contributed by atoms with van der Waals surface area (Å²) < 4.78 is 27.3. The van der Waals surface area contributed by atoms with Gasteiger partial charge < -0.3 is 9.88 Å². The SMILES string of the molecule is CCN(CC(=O)N(C)c1ccc(C)cc1-c1nc2ccc(Cl)cc2[nH]1)S(=O)(=O)c1ccc([N+](=O)[O-])cc1. The fraction of sp³-hybridized carbons (Fsp3) is 0.200. The number of nitro groups is 1. The van der Waals surface area contributed by atoms with Crippen LogP contribution < -0.4 is 4.90 Å². The number of sulfonamides is 1. The van der Waals surface area contributed by atoms with Crippen molar-refractivity contribution in [3.05, 3.63) is 81.4 Å². The van der Waals surface area contributed by atoms with Gasteiger partial charge in [-0.05, 0) is 49.4 Å². The number of hydrogen-bond donors (Lipinski definition) is 1. The Morgan fingerprint density at radius 3 is 2.46 bits per heavy atom. The third-order valence-corrected chi connectivity index (χ3v) is 8.11. The lowest BCUT2D eigenvalue weighted by atomic mass is 10.1. The van der Waals surface area contributed by atoms with Crippen molar-refractivity contribution in [1.82, 2.24) is 14.3 Å². The molecular weight excluding hydrogens is 518 g/mol. The summed E-state index contributed by atoms with van der Waals surface area (Å²) in [5.41, 5.74) is 3.41. The van der Waals surface area contributed by atoms with Gasteiger partial charge in [0.15, 0.2) is 0 Å². The maximum atomic E-state index is 13.3. The summed E-state index contributed by atoms with van der Waals surface area (Å²) >= 11 is 6.10. The maximum absolute atomic E-state index is 13.3. The maximum Gasteiger partial charge on any atom is 0.269 e. The average Bonchev–Trinajstić information content (AvgIpc) is 3.29. The van der Waals surface area contributed by atoms with Crippen LogP contribution >= 0.6 is 11.6 Å². The molecule has 192 valence electrons. The molecule has 0 fully saturated rings. The van der Waals surface area contributed by atoms with Crippen LogP contribution in [0.2, 0.25) is 5.02 Å². The summed E-state index contributed by atoms with van der Waals surface area (Å²) in [6.45, 7) is 3.15. The van der Waals surface area contributed by atoms with Crippen LogP contribution in [0.3, 0.4) is 0 Å². The lowest BCUT2D eigenvalue weighted by Gasteiger charge is -2.25. The molecular formula is C25H24ClN5O5S. The van der Waals surface area contributed by atoms with Crippen LogP contribution in [0.4, 0.5) is 11.4 Å². The molecule has 0 radical (unpaired) electrons. The summed E-state index contributed by atoms with van der Waals surface area (Å²) in [5, 5.41) is 11.5. The van der Waals surface area contributed by atoms with Gasteiger partial charge in [-0.15, -0.1) is 0 Å². The third kappa shape index (κ3) is 5.33. The number of halogens is 1. The number of H-pyrrole nitrogens is 1. The zero-order chi connectivity index (χ0) is 26.9. The third-order valence-electron chi connectivity index (χ3n) is 5.94. The number of rotatable bonds is 8. The standard InChI is InChI=1S/C25H24ClN5O5S/c1-4-30(37(35,36)19-9-7-18(8-10-19)31(33)34)15-24(32)29(3)23-12-5-16(2)13-20(23)25-27-21-11-6-17(26)14-22(21)28-25/h5-14H,4,15H2,1-3H3,(H,27,28). The first-order valence-electron chi connectivity index (χ1n) is 11.3. The van der Waals surface area contributed by atoms with E-state index in [1.54, 1.807) is 38.2 Å². The highest BCUT2D eigenvalue weighted by molar-refractivity contribution is 7.89. The Morgan fingerprint density at radius 1 is 1.11 bits per heavy atom. The van der Waals surface area contributed by atoms with Crippen LogP contribution in [0, 0.1) is 17.0 Å². The number of likely N-dealkylation sites (N-methyl/N-ethyl adjacent to an activating group) is 2. The molecule has 1 amide bonds. The molecule has 0 bridgehead atoms. The number of amides is 1.